The largest absolute Gasteiger partial charge is 0.354 e. The van der Waals surface area contributed by atoms with Crippen molar-refractivity contribution in [1.82, 2.24) is 16.0 Å². The van der Waals surface area contributed by atoms with Gasteiger partial charge in [0, 0.05) is 6.54 Å². The summed E-state index contributed by atoms with van der Waals surface area (Å²) in [5, 5.41) is 8.63. The standard InChI is InChI=1S/C12H24N4O2.ClH/c1-2-3-10(16-12(13)18)11(17)15-7-5-9-4-6-14-8-9;/h9-10,14H,2-8H2,1H3,(H,15,17)(H3,13,16,18);1H/t9?,10-;/m1./s1. The molecule has 1 unspecified atom stereocenters. The Morgan fingerprint density at radius 3 is 2.74 bits per heavy atom. The van der Waals surface area contributed by atoms with Crippen molar-refractivity contribution < 1.29 is 9.59 Å². The third-order valence-corrected chi connectivity index (χ3v) is 3.22. The van der Waals surface area contributed by atoms with E-state index in [0.29, 0.717) is 18.9 Å². The van der Waals surface area contributed by atoms with Gasteiger partial charge in [0.05, 0.1) is 0 Å². The van der Waals surface area contributed by atoms with E-state index < -0.39 is 12.1 Å². The number of carbonyl (C=O) groups excluding carboxylic acids is 2. The summed E-state index contributed by atoms with van der Waals surface area (Å²) in [6.45, 7) is 4.73. The molecular weight excluding hydrogens is 268 g/mol. The predicted molar refractivity (Wildman–Crippen MR) is 77.3 cm³/mol. The molecule has 0 aromatic carbocycles. The van der Waals surface area contributed by atoms with Crippen molar-refractivity contribution in [3.63, 3.8) is 0 Å². The molecule has 1 saturated heterocycles. The van der Waals surface area contributed by atoms with Crippen molar-refractivity contribution in [2.45, 2.75) is 38.6 Å². The second-order valence-electron chi connectivity index (χ2n) is 4.79. The molecule has 3 amide bonds. The van der Waals surface area contributed by atoms with Gasteiger partial charge in [-0.2, -0.15) is 0 Å². The molecule has 6 nitrogen and oxygen atoms in total. The highest BCUT2D eigenvalue weighted by Gasteiger charge is 2.19. The Labute approximate surface area is 120 Å². The van der Waals surface area contributed by atoms with Crippen LogP contribution < -0.4 is 21.7 Å². The molecule has 2 atom stereocenters. The maximum absolute atomic E-state index is 11.8. The molecule has 19 heavy (non-hydrogen) atoms. The van der Waals surface area contributed by atoms with E-state index in [9.17, 15) is 9.59 Å². The zero-order valence-corrected chi connectivity index (χ0v) is 12.2. The number of primary amides is 1. The third kappa shape index (κ3) is 7.22. The first kappa shape index (κ1) is 18.0. The van der Waals surface area contributed by atoms with Crippen molar-refractivity contribution in [2.75, 3.05) is 19.6 Å². The Bertz CT molecular complexity index is 283. The highest BCUT2D eigenvalue weighted by atomic mass is 35.5. The molecule has 0 radical (unpaired) electrons. The van der Waals surface area contributed by atoms with Crippen LogP contribution in [-0.4, -0.2) is 37.6 Å². The van der Waals surface area contributed by atoms with E-state index in [2.05, 4.69) is 16.0 Å². The van der Waals surface area contributed by atoms with Gasteiger partial charge < -0.3 is 21.7 Å². The molecule has 0 aromatic heterocycles. The number of hydrogen-bond donors (Lipinski definition) is 4. The number of halogens is 1. The van der Waals surface area contributed by atoms with Crippen LogP contribution in [0.15, 0.2) is 0 Å². The van der Waals surface area contributed by atoms with Gasteiger partial charge in [-0.15, -0.1) is 12.4 Å². The number of hydrogen-bond acceptors (Lipinski definition) is 3. The summed E-state index contributed by atoms with van der Waals surface area (Å²) >= 11 is 0. The minimum absolute atomic E-state index is 0. The molecule has 1 heterocycles. The first-order chi connectivity index (χ1) is 8.63. The second-order valence-corrected chi connectivity index (χ2v) is 4.79. The molecule has 0 saturated carbocycles. The Kier molecular flexibility index (Phi) is 9.34. The molecule has 1 fully saturated rings. The summed E-state index contributed by atoms with van der Waals surface area (Å²) in [7, 11) is 0. The number of amides is 3. The zero-order chi connectivity index (χ0) is 13.4. The molecule has 5 N–H and O–H groups in total. The zero-order valence-electron chi connectivity index (χ0n) is 11.4. The van der Waals surface area contributed by atoms with Crippen LogP contribution in [0.4, 0.5) is 4.79 Å². The van der Waals surface area contributed by atoms with Crippen LogP contribution in [-0.2, 0) is 4.79 Å². The summed E-state index contributed by atoms with van der Waals surface area (Å²) in [4.78, 5) is 22.6. The lowest BCUT2D eigenvalue weighted by molar-refractivity contribution is -0.123. The maximum Gasteiger partial charge on any atom is 0.312 e. The average molecular weight is 293 g/mol. The normalized spacial score (nSPS) is 19.3. The van der Waals surface area contributed by atoms with Crippen molar-refractivity contribution in [3.05, 3.63) is 0 Å². The minimum atomic E-state index is -0.649. The third-order valence-electron chi connectivity index (χ3n) is 3.22. The predicted octanol–water partition coefficient (Wildman–Crippen LogP) is 0.361. The van der Waals surface area contributed by atoms with Crippen molar-refractivity contribution in [3.8, 4) is 0 Å². The maximum atomic E-state index is 11.8. The van der Waals surface area contributed by atoms with Crippen molar-refractivity contribution in [2.24, 2.45) is 11.7 Å². The van der Waals surface area contributed by atoms with Gasteiger partial charge >= 0.3 is 6.03 Å². The molecule has 0 bridgehead atoms. The lowest BCUT2D eigenvalue weighted by atomic mass is 10.1. The van der Waals surface area contributed by atoms with Crippen molar-refractivity contribution >= 4 is 24.3 Å². The second kappa shape index (κ2) is 9.86. The van der Waals surface area contributed by atoms with Crippen LogP contribution in [0.2, 0.25) is 0 Å². The Morgan fingerprint density at radius 2 is 2.21 bits per heavy atom. The Hall–Kier alpha value is -1.01. The quantitative estimate of drug-likeness (QED) is 0.545. The van der Waals surface area contributed by atoms with Gasteiger partial charge in [-0.3, -0.25) is 4.79 Å². The number of rotatable bonds is 7. The fraction of sp³-hybridized carbons (Fsp3) is 0.833. The molecular formula is C12H25ClN4O2. The van der Waals surface area contributed by atoms with E-state index in [1.54, 1.807) is 0 Å². The van der Waals surface area contributed by atoms with Gasteiger partial charge in [0.1, 0.15) is 6.04 Å². The first-order valence-electron chi connectivity index (χ1n) is 6.68. The molecule has 1 rings (SSSR count). The van der Waals surface area contributed by atoms with Gasteiger partial charge in [0.15, 0.2) is 0 Å². The van der Waals surface area contributed by atoms with Crippen LogP contribution in [0, 0.1) is 5.92 Å². The molecule has 0 aromatic rings. The molecule has 112 valence electrons. The van der Waals surface area contributed by atoms with E-state index in [-0.39, 0.29) is 18.3 Å². The van der Waals surface area contributed by atoms with Crippen LogP contribution >= 0.6 is 12.4 Å². The van der Waals surface area contributed by atoms with Gasteiger partial charge in [-0.1, -0.05) is 13.3 Å². The Morgan fingerprint density at radius 1 is 1.47 bits per heavy atom. The molecule has 0 aliphatic carbocycles. The van der Waals surface area contributed by atoms with Gasteiger partial charge in [-0.25, -0.2) is 4.79 Å². The van der Waals surface area contributed by atoms with Crippen LogP contribution in [0.1, 0.15) is 32.6 Å². The summed E-state index contributed by atoms with van der Waals surface area (Å²) in [5.74, 6) is 0.514. The highest BCUT2D eigenvalue weighted by molar-refractivity contribution is 5.86. The number of urea groups is 1. The molecule has 7 heteroatoms. The Balaban J connectivity index is 0.00000324. The van der Waals surface area contributed by atoms with E-state index in [1.165, 1.54) is 6.42 Å². The first-order valence-corrected chi connectivity index (χ1v) is 6.68. The van der Waals surface area contributed by atoms with Gasteiger partial charge in [-0.05, 0) is 38.3 Å². The fourth-order valence-corrected chi connectivity index (χ4v) is 2.21. The van der Waals surface area contributed by atoms with Gasteiger partial charge in [0.2, 0.25) is 5.91 Å². The SMILES string of the molecule is CCC[C@@H](NC(N)=O)C(=O)NCCC1CCNC1.Cl. The summed E-state index contributed by atoms with van der Waals surface area (Å²) in [5.41, 5.74) is 5.05. The van der Waals surface area contributed by atoms with Gasteiger partial charge in [0.25, 0.3) is 0 Å². The summed E-state index contributed by atoms with van der Waals surface area (Å²) in [6.07, 6.45) is 3.59. The van der Waals surface area contributed by atoms with Crippen LogP contribution in [0.3, 0.4) is 0 Å². The topological polar surface area (TPSA) is 96.2 Å². The minimum Gasteiger partial charge on any atom is -0.354 e. The molecule has 1 aliphatic rings. The highest BCUT2D eigenvalue weighted by Crippen LogP contribution is 2.10. The van der Waals surface area contributed by atoms with E-state index in [1.807, 2.05) is 6.92 Å². The summed E-state index contributed by atoms with van der Waals surface area (Å²) < 4.78 is 0. The average Bonchev–Trinajstić information content (AvgIpc) is 2.81. The van der Waals surface area contributed by atoms with Crippen LogP contribution in [0.25, 0.3) is 0 Å². The van der Waals surface area contributed by atoms with E-state index in [0.717, 1.165) is 25.9 Å². The monoisotopic (exact) mass is 292 g/mol. The van der Waals surface area contributed by atoms with E-state index >= 15 is 0 Å². The number of carbonyl (C=O) groups is 2. The smallest absolute Gasteiger partial charge is 0.312 e. The van der Waals surface area contributed by atoms with E-state index in [4.69, 9.17) is 5.73 Å². The number of nitrogens with one attached hydrogen (secondary N) is 3. The van der Waals surface area contributed by atoms with Crippen molar-refractivity contribution in [1.29, 1.82) is 0 Å². The fourth-order valence-electron chi connectivity index (χ4n) is 2.21. The summed E-state index contributed by atoms with van der Waals surface area (Å²) in [6, 6.07) is -1.15. The number of nitrogens with two attached hydrogens (primary N) is 1. The lowest BCUT2D eigenvalue weighted by Gasteiger charge is -2.17. The lowest BCUT2D eigenvalue weighted by Crippen LogP contribution is -2.48. The molecule has 0 spiro atoms. The van der Waals surface area contributed by atoms with Crippen LogP contribution in [0.5, 0.6) is 0 Å². The molecule has 1 aliphatic heterocycles.